The van der Waals surface area contributed by atoms with Gasteiger partial charge < -0.3 is 4.74 Å². The van der Waals surface area contributed by atoms with Gasteiger partial charge in [-0.1, -0.05) is 11.6 Å². The highest BCUT2D eigenvalue weighted by atomic mass is 35.5. The summed E-state index contributed by atoms with van der Waals surface area (Å²) < 4.78 is 5.44. The predicted octanol–water partition coefficient (Wildman–Crippen LogP) is 2.79. The van der Waals surface area contributed by atoms with Crippen molar-refractivity contribution in [1.82, 2.24) is 0 Å². The highest BCUT2D eigenvalue weighted by Crippen LogP contribution is 2.33. The van der Waals surface area contributed by atoms with E-state index in [2.05, 4.69) is 0 Å². The van der Waals surface area contributed by atoms with Gasteiger partial charge in [-0.3, -0.25) is 10.1 Å². The van der Waals surface area contributed by atoms with Gasteiger partial charge in [-0.2, -0.15) is 0 Å². The fourth-order valence-corrected chi connectivity index (χ4v) is 1.28. The highest BCUT2D eigenvalue weighted by Gasteiger charge is 2.24. The Morgan fingerprint density at radius 3 is 2.71 bits per heavy atom. The largest absolute Gasteiger partial charge is 0.489 e. The third-order valence-corrected chi connectivity index (χ3v) is 2.24. The molecule has 14 heavy (non-hydrogen) atoms. The number of ether oxygens (including phenoxy) is 1. The summed E-state index contributed by atoms with van der Waals surface area (Å²) in [5.41, 5.74) is -0.0156. The maximum atomic E-state index is 10.4. The minimum atomic E-state index is -0.479. The second-order valence-corrected chi connectivity index (χ2v) is 3.60. The van der Waals surface area contributed by atoms with Gasteiger partial charge in [-0.25, -0.2) is 0 Å². The summed E-state index contributed by atoms with van der Waals surface area (Å²) >= 11 is 5.82. The molecule has 4 nitrogen and oxygen atoms in total. The Labute approximate surface area is 85.6 Å². The normalized spacial score (nSPS) is 15.2. The quantitative estimate of drug-likeness (QED) is 0.573. The molecule has 2 rings (SSSR count). The maximum absolute atomic E-state index is 10.4. The average Bonchev–Trinajstić information content (AvgIpc) is 2.92. The number of nitrogens with zero attached hydrogens (tertiary/aromatic N) is 1. The minimum Gasteiger partial charge on any atom is -0.489 e. The van der Waals surface area contributed by atoms with Crippen molar-refractivity contribution in [2.45, 2.75) is 18.9 Å². The number of non-ortho nitro benzene ring substituents is 1. The standard InChI is InChI=1S/C9H8ClNO3/c10-8-5-6(11(12)13)1-4-9(8)14-7-2-3-7/h1,4-5,7H,2-3H2. The number of halogens is 1. The van der Waals surface area contributed by atoms with Gasteiger partial charge in [0.15, 0.2) is 0 Å². The molecule has 0 atom stereocenters. The summed E-state index contributed by atoms with van der Waals surface area (Å²) in [5, 5.41) is 10.7. The molecule has 1 aliphatic carbocycles. The van der Waals surface area contributed by atoms with Crippen molar-refractivity contribution in [3.05, 3.63) is 33.3 Å². The molecule has 0 radical (unpaired) electrons. The van der Waals surface area contributed by atoms with Crippen LogP contribution < -0.4 is 4.74 Å². The van der Waals surface area contributed by atoms with Gasteiger partial charge >= 0.3 is 0 Å². The number of nitro groups is 1. The molecule has 1 fully saturated rings. The van der Waals surface area contributed by atoms with Crippen LogP contribution in [0.3, 0.4) is 0 Å². The number of hydrogen-bond acceptors (Lipinski definition) is 3. The first kappa shape index (κ1) is 9.27. The molecule has 0 N–H and O–H groups in total. The third-order valence-electron chi connectivity index (χ3n) is 1.94. The molecule has 5 heteroatoms. The Kier molecular flexibility index (Phi) is 2.29. The van der Waals surface area contributed by atoms with Crippen molar-refractivity contribution >= 4 is 17.3 Å². The lowest BCUT2D eigenvalue weighted by atomic mass is 10.3. The van der Waals surface area contributed by atoms with Crippen molar-refractivity contribution in [3.8, 4) is 5.75 Å². The third kappa shape index (κ3) is 1.96. The van der Waals surface area contributed by atoms with Crippen LogP contribution >= 0.6 is 11.6 Å². The first-order valence-electron chi connectivity index (χ1n) is 4.27. The van der Waals surface area contributed by atoms with Crippen molar-refractivity contribution < 1.29 is 9.66 Å². The molecule has 0 unspecified atom stereocenters. The Morgan fingerprint density at radius 2 is 2.21 bits per heavy atom. The summed E-state index contributed by atoms with van der Waals surface area (Å²) in [7, 11) is 0. The van der Waals surface area contributed by atoms with Crippen LogP contribution in [0.1, 0.15) is 12.8 Å². The molecule has 1 aliphatic rings. The summed E-state index contributed by atoms with van der Waals surface area (Å²) in [4.78, 5) is 9.93. The molecule has 1 aromatic carbocycles. The second kappa shape index (κ2) is 3.46. The fraction of sp³-hybridized carbons (Fsp3) is 0.333. The number of rotatable bonds is 3. The van der Waals surface area contributed by atoms with E-state index in [0.29, 0.717) is 10.8 Å². The van der Waals surface area contributed by atoms with E-state index in [4.69, 9.17) is 16.3 Å². The SMILES string of the molecule is O=[N+]([O-])c1ccc(OC2CC2)c(Cl)c1. The van der Waals surface area contributed by atoms with Crippen molar-refractivity contribution in [2.75, 3.05) is 0 Å². The van der Waals surface area contributed by atoms with Crippen LogP contribution in [-0.2, 0) is 0 Å². The Morgan fingerprint density at radius 1 is 1.50 bits per heavy atom. The lowest BCUT2D eigenvalue weighted by Crippen LogP contribution is -1.97. The topological polar surface area (TPSA) is 52.4 Å². The van der Waals surface area contributed by atoms with Crippen molar-refractivity contribution in [3.63, 3.8) is 0 Å². The molecular weight excluding hydrogens is 206 g/mol. The molecule has 74 valence electrons. The average molecular weight is 214 g/mol. The monoisotopic (exact) mass is 213 g/mol. The van der Waals surface area contributed by atoms with Crippen LogP contribution in [0.15, 0.2) is 18.2 Å². The lowest BCUT2D eigenvalue weighted by Gasteiger charge is -2.05. The van der Waals surface area contributed by atoms with Gasteiger partial charge in [0, 0.05) is 12.1 Å². The molecule has 0 bridgehead atoms. The first-order chi connectivity index (χ1) is 6.66. The van der Waals surface area contributed by atoms with Crippen LogP contribution in [0.2, 0.25) is 5.02 Å². The lowest BCUT2D eigenvalue weighted by molar-refractivity contribution is -0.384. The van der Waals surface area contributed by atoms with E-state index in [9.17, 15) is 10.1 Å². The predicted molar refractivity (Wildman–Crippen MR) is 51.8 cm³/mol. The van der Waals surface area contributed by atoms with Crippen LogP contribution in [0, 0.1) is 10.1 Å². The van der Waals surface area contributed by atoms with E-state index in [1.807, 2.05) is 0 Å². The van der Waals surface area contributed by atoms with Gasteiger partial charge in [0.1, 0.15) is 5.75 Å². The molecule has 0 saturated heterocycles. The van der Waals surface area contributed by atoms with Crippen LogP contribution in [0.4, 0.5) is 5.69 Å². The fourth-order valence-electron chi connectivity index (χ4n) is 1.06. The summed E-state index contributed by atoms with van der Waals surface area (Å²) in [6.45, 7) is 0. The van der Waals surface area contributed by atoms with Gasteiger partial charge in [-0.05, 0) is 18.9 Å². The van der Waals surface area contributed by atoms with Crippen LogP contribution in [0.25, 0.3) is 0 Å². The van der Waals surface area contributed by atoms with E-state index in [1.54, 1.807) is 6.07 Å². The smallest absolute Gasteiger partial charge is 0.271 e. The Bertz CT molecular complexity index is 376. The summed E-state index contributed by atoms with van der Waals surface area (Å²) in [6.07, 6.45) is 2.31. The Balaban J connectivity index is 2.21. The van der Waals surface area contributed by atoms with Gasteiger partial charge in [0.25, 0.3) is 5.69 Å². The summed E-state index contributed by atoms with van der Waals surface area (Å²) in [6, 6.07) is 4.24. The minimum absolute atomic E-state index is 0.0156. The molecule has 0 aliphatic heterocycles. The van der Waals surface area contributed by atoms with E-state index < -0.39 is 4.92 Å². The van der Waals surface area contributed by atoms with Crippen molar-refractivity contribution in [2.24, 2.45) is 0 Å². The molecule has 0 spiro atoms. The van der Waals surface area contributed by atoms with E-state index >= 15 is 0 Å². The van der Waals surface area contributed by atoms with Gasteiger partial charge in [-0.15, -0.1) is 0 Å². The van der Waals surface area contributed by atoms with Crippen LogP contribution in [0.5, 0.6) is 5.75 Å². The maximum Gasteiger partial charge on any atom is 0.271 e. The molecule has 0 amide bonds. The van der Waals surface area contributed by atoms with Crippen molar-refractivity contribution in [1.29, 1.82) is 0 Å². The zero-order valence-electron chi connectivity index (χ0n) is 7.27. The first-order valence-corrected chi connectivity index (χ1v) is 4.65. The summed E-state index contributed by atoms with van der Waals surface area (Å²) in [5.74, 6) is 0.528. The number of benzene rings is 1. The second-order valence-electron chi connectivity index (χ2n) is 3.19. The van der Waals surface area contributed by atoms with Gasteiger partial charge in [0.05, 0.1) is 16.0 Å². The molecule has 1 saturated carbocycles. The number of hydrogen-bond donors (Lipinski definition) is 0. The Hall–Kier alpha value is -1.29. The molecule has 0 heterocycles. The molecular formula is C9H8ClNO3. The molecule has 0 aromatic heterocycles. The zero-order valence-corrected chi connectivity index (χ0v) is 8.03. The zero-order chi connectivity index (χ0) is 10.1. The highest BCUT2D eigenvalue weighted by molar-refractivity contribution is 6.32. The number of nitro benzene ring substituents is 1. The van der Waals surface area contributed by atoms with E-state index in [0.717, 1.165) is 12.8 Å². The van der Waals surface area contributed by atoms with Gasteiger partial charge in [0.2, 0.25) is 0 Å². The van der Waals surface area contributed by atoms with E-state index in [1.165, 1.54) is 12.1 Å². The molecule has 1 aromatic rings. The van der Waals surface area contributed by atoms with Crippen LogP contribution in [-0.4, -0.2) is 11.0 Å². The van der Waals surface area contributed by atoms with E-state index in [-0.39, 0.29) is 11.8 Å².